The van der Waals surface area contributed by atoms with Crippen molar-refractivity contribution in [3.8, 4) is 17.2 Å². The van der Waals surface area contributed by atoms with Gasteiger partial charge in [-0.05, 0) is 42.5 Å². The van der Waals surface area contributed by atoms with E-state index in [1.807, 2.05) is 0 Å². The summed E-state index contributed by atoms with van der Waals surface area (Å²) in [5.74, 6) is -1.23. The first-order valence-electron chi connectivity index (χ1n) is 9.64. The van der Waals surface area contributed by atoms with Crippen molar-refractivity contribution in [1.82, 2.24) is 4.57 Å². The van der Waals surface area contributed by atoms with Crippen LogP contribution in [0.15, 0.2) is 65.5 Å². The summed E-state index contributed by atoms with van der Waals surface area (Å²) in [6, 6.07) is 12.5. The van der Waals surface area contributed by atoms with Gasteiger partial charge in [0.2, 0.25) is 0 Å². The van der Waals surface area contributed by atoms with Crippen molar-refractivity contribution < 1.29 is 40.6 Å². The van der Waals surface area contributed by atoms with Crippen LogP contribution in [0.3, 0.4) is 0 Å². The maximum Gasteiger partial charge on any atom is 0.573 e. The number of alkyl halides is 6. The van der Waals surface area contributed by atoms with Gasteiger partial charge in [0.1, 0.15) is 11.5 Å². The molecule has 6 nitrogen and oxygen atoms in total. The molecule has 0 N–H and O–H groups in total. The number of hydrogen-bond donors (Lipinski definition) is 0. The minimum atomic E-state index is -4.88. The first kappa shape index (κ1) is 23.2. The summed E-state index contributed by atoms with van der Waals surface area (Å²) in [4.78, 5) is 26.9. The Balaban J connectivity index is 1.69. The highest BCUT2D eigenvalue weighted by Crippen LogP contribution is 2.33. The number of aromatic nitrogens is 1. The lowest BCUT2D eigenvalue weighted by atomic mass is 10.2. The molecular weight excluding hydrogens is 470 g/mol. The molecule has 0 saturated heterocycles. The van der Waals surface area contributed by atoms with Crippen molar-refractivity contribution in [3.05, 3.63) is 82.3 Å². The van der Waals surface area contributed by atoms with Crippen molar-refractivity contribution >= 4 is 11.6 Å². The number of amides is 1. The molecule has 178 valence electrons. The number of hydrogen-bond acceptors (Lipinski definition) is 4. The zero-order valence-electron chi connectivity index (χ0n) is 17.0. The topological polar surface area (TPSA) is 60.8 Å². The summed E-state index contributed by atoms with van der Waals surface area (Å²) in [7, 11) is 0. The highest BCUT2D eigenvalue weighted by molar-refractivity contribution is 6.09. The van der Waals surface area contributed by atoms with Crippen LogP contribution in [-0.4, -0.2) is 29.6 Å². The molecule has 0 saturated carbocycles. The van der Waals surface area contributed by atoms with Gasteiger partial charge in [-0.3, -0.25) is 14.2 Å². The first-order chi connectivity index (χ1) is 15.9. The molecule has 1 amide bonds. The largest absolute Gasteiger partial charge is 0.573 e. The van der Waals surface area contributed by atoms with Gasteiger partial charge in [-0.1, -0.05) is 12.1 Å². The van der Waals surface area contributed by atoms with Crippen LogP contribution in [0.4, 0.5) is 32.0 Å². The van der Waals surface area contributed by atoms with E-state index in [4.69, 9.17) is 4.74 Å². The number of benzene rings is 2. The van der Waals surface area contributed by atoms with Crippen molar-refractivity contribution in [3.63, 3.8) is 0 Å². The summed E-state index contributed by atoms with van der Waals surface area (Å²) < 4.78 is 84.9. The molecule has 0 spiro atoms. The van der Waals surface area contributed by atoms with Crippen molar-refractivity contribution in [2.75, 3.05) is 11.5 Å². The second-order valence-corrected chi connectivity index (χ2v) is 7.17. The van der Waals surface area contributed by atoms with E-state index < -0.39 is 36.4 Å². The van der Waals surface area contributed by atoms with E-state index in [1.54, 1.807) is 0 Å². The molecular formula is C22H14F6N2O4. The molecule has 0 bridgehead atoms. The Morgan fingerprint density at radius 3 is 2.18 bits per heavy atom. The van der Waals surface area contributed by atoms with E-state index in [9.17, 15) is 35.9 Å². The zero-order chi connectivity index (χ0) is 24.7. The summed E-state index contributed by atoms with van der Waals surface area (Å²) >= 11 is 0. The number of ether oxygens (including phenoxy) is 2. The Bertz CT molecular complexity index is 1280. The van der Waals surface area contributed by atoms with Crippen LogP contribution in [0, 0.1) is 0 Å². The summed E-state index contributed by atoms with van der Waals surface area (Å²) in [6.45, 7) is -1.73. The summed E-state index contributed by atoms with van der Waals surface area (Å²) in [6.07, 6.45) is -9.48. The number of para-hydroxylation sites is 2. The summed E-state index contributed by atoms with van der Waals surface area (Å²) in [5, 5.41) is 0. The predicted molar refractivity (Wildman–Crippen MR) is 107 cm³/mol. The number of anilines is 1. The maximum atomic E-state index is 13.0. The third-order valence-corrected chi connectivity index (χ3v) is 4.86. The SMILES string of the molecule is O=C1c2ccc(=O)n(-c3ccccc3OCC(F)(F)F)c2CN1c1ccc(OC(F)(F)F)cc1. The van der Waals surface area contributed by atoms with E-state index in [-0.39, 0.29) is 34.9 Å². The Kier molecular flexibility index (Phi) is 5.75. The first-order valence-corrected chi connectivity index (χ1v) is 9.64. The smallest absolute Gasteiger partial charge is 0.482 e. The van der Waals surface area contributed by atoms with Crippen molar-refractivity contribution in [2.24, 2.45) is 0 Å². The van der Waals surface area contributed by atoms with E-state index in [0.717, 1.165) is 22.8 Å². The minimum Gasteiger partial charge on any atom is -0.482 e. The number of nitrogens with zero attached hydrogens (tertiary/aromatic N) is 2. The lowest BCUT2D eigenvalue weighted by molar-refractivity contribution is -0.274. The highest BCUT2D eigenvalue weighted by Gasteiger charge is 2.34. The standard InChI is InChI=1S/C22H14F6N2O4/c23-21(24,25)12-33-18-4-2-1-3-16(18)30-17-11-29(20(32)15(17)9-10-19(30)31)13-5-7-14(8-6-13)34-22(26,27)28/h1-10H,11-12H2. The predicted octanol–water partition coefficient (Wildman–Crippen LogP) is 4.84. The van der Waals surface area contributed by atoms with Crippen LogP contribution >= 0.6 is 0 Å². The zero-order valence-corrected chi connectivity index (χ0v) is 17.0. The third-order valence-electron chi connectivity index (χ3n) is 4.86. The average molecular weight is 484 g/mol. The average Bonchev–Trinajstić information content (AvgIpc) is 3.08. The number of halogens is 6. The van der Waals surface area contributed by atoms with Crippen LogP contribution in [0.2, 0.25) is 0 Å². The Morgan fingerprint density at radius 1 is 0.853 bits per heavy atom. The van der Waals surface area contributed by atoms with Gasteiger partial charge in [-0.15, -0.1) is 13.2 Å². The number of pyridine rings is 1. The Labute approximate surface area is 187 Å². The Hall–Kier alpha value is -3.96. The van der Waals surface area contributed by atoms with E-state index in [0.29, 0.717) is 0 Å². The number of carbonyl (C=O) groups excluding carboxylic acids is 1. The lowest BCUT2D eigenvalue weighted by Crippen LogP contribution is -2.24. The van der Waals surface area contributed by atoms with Gasteiger partial charge in [0.25, 0.3) is 11.5 Å². The molecule has 1 aliphatic rings. The van der Waals surface area contributed by atoms with Crippen LogP contribution < -0.4 is 19.9 Å². The van der Waals surface area contributed by atoms with Gasteiger partial charge >= 0.3 is 12.5 Å². The van der Waals surface area contributed by atoms with Gasteiger partial charge in [-0.2, -0.15) is 13.2 Å². The molecule has 1 aromatic heterocycles. The second kappa shape index (κ2) is 8.43. The van der Waals surface area contributed by atoms with Gasteiger partial charge in [0, 0.05) is 11.8 Å². The molecule has 0 unspecified atom stereocenters. The minimum absolute atomic E-state index is 0.0113. The van der Waals surface area contributed by atoms with Crippen LogP contribution in [-0.2, 0) is 6.54 Å². The monoisotopic (exact) mass is 484 g/mol. The highest BCUT2D eigenvalue weighted by atomic mass is 19.4. The maximum absolute atomic E-state index is 13.0. The van der Waals surface area contributed by atoms with Crippen LogP contribution in [0.25, 0.3) is 5.69 Å². The molecule has 2 aromatic carbocycles. The molecule has 12 heteroatoms. The van der Waals surface area contributed by atoms with Crippen LogP contribution in [0.1, 0.15) is 16.1 Å². The molecule has 3 aromatic rings. The molecule has 0 aliphatic carbocycles. The van der Waals surface area contributed by atoms with Gasteiger partial charge in [0.05, 0.1) is 23.5 Å². The molecule has 0 atom stereocenters. The quantitative estimate of drug-likeness (QED) is 0.487. The number of rotatable bonds is 5. The van der Waals surface area contributed by atoms with Crippen molar-refractivity contribution in [2.45, 2.75) is 19.1 Å². The van der Waals surface area contributed by atoms with E-state index in [2.05, 4.69) is 4.74 Å². The van der Waals surface area contributed by atoms with Crippen molar-refractivity contribution in [1.29, 1.82) is 0 Å². The van der Waals surface area contributed by atoms with Gasteiger partial charge in [-0.25, -0.2) is 0 Å². The van der Waals surface area contributed by atoms with Gasteiger partial charge < -0.3 is 14.4 Å². The molecule has 4 rings (SSSR count). The van der Waals surface area contributed by atoms with E-state index in [1.165, 1.54) is 47.4 Å². The summed E-state index contributed by atoms with van der Waals surface area (Å²) in [5.41, 5.74) is -0.0593. The molecule has 2 heterocycles. The fourth-order valence-electron chi connectivity index (χ4n) is 3.52. The number of carbonyl (C=O) groups is 1. The second-order valence-electron chi connectivity index (χ2n) is 7.17. The van der Waals surface area contributed by atoms with E-state index >= 15 is 0 Å². The van der Waals surface area contributed by atoms with Crippen LogP contribution in [0.5, 0.6) is 11.5 Å². The lowest BCUT2D eigenvalue weighted by Gasteiger charge is -2.18. The normalized spacial score (nSPS) is 13.7. The van der Waals surface area contributed by atoms with Gasteiger partial charge in [0.15, 0.2) is 6.61 Å². The fraction of sp³-hybridized carbons (Fsp3) is 0.182. The Morgan fingerprint density at radius 2 is 1.53 bits per heavy atom. The molecule has 34 heavy (non-hydrogen) atoms. The fourth-order valence-corrected chi connectivity index (χ4v) is 3.52. The molecule has 0 fully saturated rings. The number of fused-ring (bicyclic) bond motifs is 1. The molecule has 0 radical (unpaired) electrons. The molecule has 1 aliphatic heterocycles. The third kappa shape index (κ3) is 4.85.